The fraction of sp³-hybridized carbons (Fsp3) is 0.400. The molecule has 0 spiro atoms. The first kappa shape index (κ1) is 10.2. The van der Waals surface area contributed by atoms with E-state index in [4.69, 9.17) is 0 Å². The molecule has 0 aliphatic carbocycles. The number of hydrazine groups is 1. The van der Waals surface area contributed by atoms with Crippen molar-refractivity contribution in [2.24, 2.45) is 5.84 Å². The number of hydrogen-bond donors (Lipinski definition) is 2. The minimum Gasteiger partial charge on any atom is -0.295 e. The Bertz CT molecular complexity index is 70.8. The molecule has 0 rings (SSSR count). The molecule has 48 valence electrons. The number of rotatable bonds is 0. The van der Waals surface area contributed by atoms with E-state index in [0.29, 0.717) is 0 Å². The number of amides is 1. The smallest absolute Gasteiger partial charge is 0.230 e. The molecule has 0 atom stereocenters. The number of allylic oxidation sites excluding steroid dienone is 1. The van der Waals surface area contributed by atoms with Crippen LogP contribution in [0.3, 0.4) is 0 Å². The lowest BCUT2D eigenvalue weighted by Crippen LogP contribution is -2.26. The van der Waals surface area contributed by atoms with E-state index >= 15 is 0 Å². The Balaban J connectivity index is 0. The quantitative estimate of drug-likeness (QED) is 0.205. The third kappa shape index (κ3) is 65.7. The highest BCUT2D eigenvalue weighted by molar-refractivity contribution is 5.71. The minimum absolute atomic E-state index is 0.218. The van der Waals surface area contributed by atoms with Gasteiger partial charge in [0.1, 0.15) is 0 Å². The first-order valence-electron chi connectivity index (χ1n) is 2.23. The van der Waals surface area contributed by atoms with Crippen molar-refractivity contribution < 1.29 is 4.79 Å². The van der Waals surface area contributed by atoms with Crippen LogP contribution in [0.1, 0.15) is 13.8 Å². The molecule has 3 N–H and O–H groups in total. The Hall–Kier alpha value is -0.830. The van der Waals surface area contributed by atoms with Gasteiger partial charge in [-0.1, -0.05) is 6.08 Å². The fourth-order valence-electron chi connectivity index (χ4n) is 0. The molecule has 0 unspecified atom stereocenters. The average Bonchev–Trinajstić information content (AvgIpc) is 1.69. The van der Waals surface area contributed by atoms with Crippen LogP contribution in [-0.2, 0) is 4.79 Å². The van der Waals surface area contributed by atoms with Gasteiger partial charge in [0.25, 0.3) is 0 Å². The Morgan fingerprint density at radius 1 is 1.88 bits per heavy atom. The molecule has 0 saturated heterocycles. The summed E-state index contributed by atoms with van der Waals surface area (Å²) >= 11 is 0. The van der Waals surface area contributed by atoms with E-state index in [0.717, 1.165) is 0 Å². The van der Waals surface area contributed by atoms with E-state index in [1.807, 2.05) is 12.3 Å². The molecule has 1 amide bonds. The molecule has 8 heavy (non-hydrogen) atoms. The van der Waals surface area contributed by atoms with Crippen molar-refractivity contribution in [3.8, 4) is 0 Å². The van der Waals surface area contributed by atoms with Crippen LogP contribution in [0, 0.1) is 0 Å². The van der Waals surface area contributed by atoms with Crippen LogP contribution < -0.4 is 11.3 Å². The number of nitrogens with one attached hydrogen (secondary N) is 1. The predicted octanol–water partition coefficient (Wildman–Crippen LogP) is 0.189. The second kappa shape index (κ2) is 9.48. The molecule has 0 radical (unpaired) electrons. The third-order valence-corrected chi connectivity index (χ3v) is 0.203. The van der Waals surface area contributed by atoms with Gasteiger partial charge in [-0.3, -0.25) is 10.2 Å². The summed E-state index contributed by atoms with van der Waals surface area (Å²) in [6, 6.07) is 0. The normalized spacial score (nSPS) is 5.88. The summed E-state index contributed by atoms with van der Waals surface area (Å²) in [4.78, 5) is 9.58. The van der Waals surface area contributed by atoms with Gasteiger partial charge in [0, 0.05) is 6.92 Å². The van der Waals surface area contributed by atoms with Gasteiger partial charge in [0.2, 0.25) is 5.91 Å². The van der Waals surface area contributed by atoms with Gasteiger partial charge >= 0.3 is 0 Å². The van der Waals surface area contributed by atoms with Crippen molar-refractivity contribution in [3.05, 3.63) is 12.7 Å². The monoisotopic (exact) mass is 116 g/mol. The maximum absolute atomic E-state index is 9.58. The average molecular weight is 116 g/mol. The molecule has 0 bridgehead atoms. The Morgan fingerprint density at radius 3 is 2.00 bits per heavy atom. The van der Waals surface area contributed by atoms with E-state index in [9.17, 15) is 4.79 Å². The molecule has 0 heterocycles. The topological polar surface area (TPSA) is 55.1 Å². The third-order valence-electron chi connectivity index (χ3n) is 0.203. The zero-order valence-electron chi connectivity index (χ0n) is 5.27. The van der Waals surface area contributed by atoms with Crippen LogP contribution in [0.15, 0.2) is 12.7 Å². The van der Waals surface area contributed by atoms with Gasteiger partial charge in [0.05, 0.1) is 0 Å². The Morgan fingerprint density at radius 2 is 2.00 bits per heavy atom. The van der Waals surface area contributed by atoms with E-state index in [2.05, 4.69) is 12.4 Å². The number of hydrogen-bond acceptors (Lipinski definition) is 2. The van der Waals surface area contributed by atoms with E-state index in [1.54, 1.807) is 6.08 Å². The van der Waals surface area contributed by atoms with Crippen molar-refractivity contribution in [2.75, 3.05) is 0 Å². The van der Waals surface area contributed by atoms with Crippen LogP contribution >= 0.6 is 0 Å². The SMILES string of the molecule is C=CC.CC(=O)NN. The van der Waals surface area contributed by atoms with Crippen LogP contribution in [0.25, 0.3) is 0 Å². The molecule has 3 heteroatoms. The maximum atomic E-state index is 9.58. The van der Waals surface area contributed by atoms with Gasteiger partial charge in [-0.15, -0.1) is 6.58 Å². The number of nitrogens with two attached hydrogens (primary N) is 1. The minimum atomic E-state index is -0.218. The molecule has 0 aromatic heterocycles. The van der Waals surface area contributed by atoms with Crippen LogP contribution in [-0.4, -0.2) is 5.91 Å². The molecule has 0 aromatic carbocycles. The zero-order valence-corrected chi connectivity index (χ0v) is 5.27. The van der Waals surface area contributed by atoms with Gasteiger partial charge < -0.3 is 0 Å². The molecule has 0 aromatic rings. The maximum Gasteiger partial charge on any atom is 0.230 e. The Kier molecular flexibility index (Phi) is 12.1. The highest BCUT2D eigenvalue weighted by Crippen LogP contribution is 1.41. The number of carbonyl (C=O) groups excluding carboxylic acids is 1. The summed E-state index contributed by atoms with van der Waals surface area (Å²) in [5.41, 5.74) is 1.89. The van der Waals surface area contributed by atoms with Crippen LogP contribution in [0.2, 0.25) is 0 Å². The van der Waals surface area contributed by atoms with Crippen molar-refractivity contribution >= 4 is 5.91 Å². The van der Waals surface area contributed by atoms with Crippen LogP contribution in [0.4, 0.5) is 0 Å². The van der Waals surface area contributed by atoms with E-state index in [-0.39, 0.29) is 5.91 Å². The first-order chi connectivity index (χ1) is 3.68. The van der Waals surface area contributed by atoms with Gasteiger partial charge in [-0.25, -0.2) is 5.84 Å². The molecule has 0 saturated carbocycles. The lowest BCUT2D eigenvalue weighted by atomic mass is 10.8. The molecule has 0 aliphatic rings. The summed E-state index contributed by atoms with van der Waals surface area (Å²) < 4.78 is 0. The largest absolute Gasteiger partial charge is 0.295 e. The highest BCUT2D eigenvalue weighted by atomic mass is 16.2. The highest BCUT2D eigenvalue weighted by Gasteiger charge is 1.73. The standard InChI is InChI=1S/C3H6.C2H6N2O/c1-3-2;1-2(5)4-3/h3H,1H2,2H3;3H2,1H3,(H,4,5). The second-order valence-corrected chi connectivity index (χ2v) is 1.11. The summed E-state index contributed by atoms with van der Waals surface area (Å²) in [5.74, 6) is 4.35. The molecular formula is C5H12N2O. The second-order valence-electron chi connectivity index (χ2n) is 1.11. The fourth-order valence-corrected chi connectivity index (χ4v) is 0. The van der Waals surface area contributed by atoms with Gasteiger partial charge in [-0.2, -0.15) is 0 Å². The first-order valence-corrected chi connectivity index (χ1v) is 2.23. The van der Waals surface area contributed by atoms with E-state index < -0.39 is 0 Å². The lowest BCUT2D eigenvalue weighted by Gasteiger charge is -1.80. The van der Waals surface area contributed by atoms with Crippen molar-refractivity contribution in [2.45, 2.75) is 13.8 Å². The van der Waals surface area contributed by atoms with Crippen LogP contribution in [0.5, 0.6) is 0 Å². The van der Waals surface area contributed by atoms with Gasteiger partial charge in [-0.05, 0) is 6.92 Å². The van der Waals surface area contributed by atoms with Crippen molar-refractivity contribution in [1.29, 1.82) is 0 Å². The molecule has 0 aliphatic heterocycles. The molecule has 3 nitrogen and oxygen atoms in total. The summed E-state index contributed by atoms with van der Waals surface area (Å²) in [6.07, 6.45) is 1.75. The molecular weight excluding hydrogens is 104 g/mol. The Labute approximate surface area is 49.5 Å². The van der Waals surface area contributed by atoms with Crippen molar-refractivity contribution in [3.63, 3.8) is 0 Å². The molecule has 0 fully saturated rings. The van der Waals surface area contributed by atoms with Crippen molar-refractivity contribution in [1.82, 2.24) is 5.43 Å². The predicted molar refractivity (Wildman–Crippen MR) is 33.9 cm³/mol. The van der Waals surface area contributed by atoms with E-state index in [1.165, 1.54) is 6.92 Å². The summed E-state index contributed by atoms with van der Waals surface area (Å²) in [7, 11) is 0. The van der Waals surface area contributed by atoms with Gasteiger partial charge in [0.15, 0.2) is 0 Å². The number of carbonyl (C=O) groups is 1. The zero-order chi connectivity index (χ0) is 6.99. The summed E-state index contributed by atoms with van der Waals surface area (Å²) in [5, 5.41) is 0. The lowest BCUT2D eigenvalue weighted by molar-refractivity contribution is -0.119. The summed E-state index contributed by atoms with van der Waals surface area (Å²) in [6.45, 7) is 6.60.